The lowest BCUT2D eigenvalue weighted by Crippen LogP contribution is -2.22. The number of benzene rings is 1. The van der Waals surface area contributed by atoms with Crippen LogP contribution in [0.5, 0.6) is 0 Å². The van der Waals surface area contributed by atoms with E-state index in [1.807, 2.05) is 0 Å². The predicted octanol–water partition coefficient (Wildman–Crippen LogP) is 3.51. The van der Waals surface area contributed by atoms with E-state index in [9.17, 15) is 13.2 Å². The summed E-state index contributed by atoms with van der Waals surface area (Å²) in [5, 5.41) is 2.99. The SMILES string of the molecule is CNC(c1ccc(Br)c(C(F)(F)F)c1)c1nccn1C. The highest BCUT2D eigenvalue weighted by Gasteiger charge is 2.34. The van der Waals surface area contributed by atoms with E-state index in [-0.39, 0.29) is 4.47 Å². The fraction of sp³-hybridized carbons (Fsp3) is 0.308. The maximum Gasteiger partial charge on any atom is 0.417 e. The molecule has 20 heavy (non-hydrogen) atoms. The maximum absolute atomic E-state index is 12.9. The molecule has 0 amide bonds. The molecule has 0 fully saturated rings. The Morgan fingerprint density at radius 3 is 2.55 bits per heavy atom. The molecule has 0 aliphatic carbocycles. The third-order valence-corrected chi connectivity index (χ3v) is 3.73. The molecule has 0 saturated heterocycles. The Kier molecular flexibility index (Phi) is 4.19. The number of rotatable bonds is 3. The van der Waals surface area contributed by atoms with E-state index < -0.39 is 17.8 Å². The lowest BCUT2D eigenvalue weighted by atomic mass is 10.0. The van der Waals surface area contributed by atoms with Crippen LogP contribution in [0.4, 0.5) is 13.2 Å². The van der Waals surface area contributed by atoms with Crippen LogP contribution in [0.25, 0.3) is 0 Å². The molecule has 1 unspecified atom stereocenters. The second-order valence-corrected chi connectivity index (χ2v) is 5.21. The Labute approximate surface area is 123 Å². The van der Waals surface area contributed by atoms with Gasteiger partial charge in [-0.3, -0.25) is 0 Å². The summed E-state index contributed by atoms with van der Waals surface area (Å²) in [6, 6.07) is 3.80. The van der Waals surface area contributed by atoms with E-state index in [1.54, 1.807) is 37.1 Å². The Bertz CT molecular complexity index is 607. The summed E-state index contributed by atoms with van der Waals surface area (Å²) in [4.78, 5) is 4.19. The summed E-state index contributed by atoms with van der Waals surface area (Å²) >= 11 is 2.94. The van der Waals surface area contributed by atoms with Gasteiger partial charge >= 0.3 is 6.18 Å². The highest BCUT2D eigenvalue weighted by atomic mass is 79.9. The molecule has 1 aromatic heterocycles. The molecule has 2 aromatic rings. The topological polar surface area (TPSA) is 29.9 Å². The smallest absolute Gasteiger partial charge is 0.336 e. The van der Waals surface area contributed by atoms with Crippen molar-refractivity contribution < 1.29 is 13.2 Å². The van der Waals surface area contributed by atoms with Crippen molar-refractivity contribution in [3.63, 3.8) is 0 Å². The van der Waals surface area contributed by atoms with E-state index >= 15 is 0 Å². The van der Waals surface area contributed by atoms with Gasteiger partial charge in [-0.25, -0.2) is 4.98 Å². The number of nitrogens with zero attached hydrogens (tertiary/aromatic N) is 2. The first kappa shape index (κ1) is 15.1. The van der Waals surface area contributed by atoms with Gasteiger partial charge in [0.2, 0.25) is 0 Å². The van der Waals surface area contributed by atoms with Crippen LogP contribution in [0.1, 0.15) is 23.0 Å². The molecule has 0 saturated carbocycles. The molecule has 0 spiro atoms. The van der Waals surface area contributed by atoms with Gasteiger partial charge in [0, 0.05) is 23.9 Å². The Balaban J connectivity index is 2.49. The van der Waals surface area contributed by atoms with E-state index in [0.29, 0.717) is 11.4 Å². The highest BCUT2D eigenvalue weighted by Crippen LogP contribution is 2.36. The van der Waals surface area contributed by atoms with Gasteiger partial charge in [-0.15, -0.1) is 0 Å². The molecule has 108 valence electrons. The molecule has 3 nitrogen and oxygen atoms in total. The first-order chi connectivity index (χ1) is 9.34. The van der Waals surface area contributed by atoms with Crippen molar-refractivity contribution in [2.75, 3.05) is 7.05 Å². The number of nitrogens with one attached hydrogen (secondary N) is 1. The van der Waals surface area contributed by atoms with Gasteiger partial charge in [0.1, 0.15) is 5.82 Å². The van der Waals surface area contributed by atoms with Crippen LogP contribution >= 0.6 is 15.9 Å². The molecule has 1 heterocycles. The molecule has 1 aromatic carbocycles. The molecule has 0 bridgehead atoms. The summed E-state index contributed by atoms with van der Waals surface area (Å²) in [5.41, 5.74) is -0.179. The minimum atomic E-state index is -4.39. The average Bonchev–Trinajstić information content (AvgIpc) is 2.77. The van der Waals surface area contributed by atoms with E-state index in [4.69, 9.17) is 0 Å². The monoisotopic (exact) mass is 347 g/mol. The zero-order valence-corrected chi connectivity index (χ0v) is 12.5. The van der Waals surface area contributed by atoms with Crippen LogP contribution in [-0.4, -0.2) is 16.6 Å². The summed E-state index contributed by atoms with van der Waals surface area (Å²) in [5.74, 6) is 0.656. The van der Waals surface area contributed by atoms with Gasteiger partial charge in [-0.2, -0.15) is 13.2 Å². The summed E-state index contributed by atoms with van der Waals surface area (Å²) in [6.45, 7) is 0. The van der Waals surface area contributed by atoms with Crippen molar-refractivity contribution in [3.8, 4) is 0 Å². The molecule has 0 aliphatic heterocycles. The zero-order valence-electron chi connectivity index (χ0n) is 10.9. The first-order valence-corrected chi connectivity index (χ1v) is 6.65. The summed E-state index contributed by atoms with van der Waals surface area (Å²) in [7, 11) is 3.49. The Hall–Kier alpha value is -1.34. The number of hydrogen-bond acceptors (Lipinski definition) is 2. The molecule has 7 heteroatoms. The van der Waals surface area contributed by atoms with Gasteiger partial charge in [0.25, 0.3) is 0 Å². The predicted molar refractivity (Wildman–Crippen MR) is 73.3 cm³/mol. The van der Waals surface area contributed by atoms with Crippen molar-refractivity contribution >= 4 is 15.9 Å². The normalized spacial score (nSPS) is 13.5. The van der Waals surface area contributed by atoms with E-state index in [1.165, 1.54) is 6.07 Å². The summed E-state index contributed by atoms with van der Waals surface area (Å²) in [6.07, 6.45) is -1.03. The lowest BCUT2D eigenvalue weighted by Gasteiger charge is -2.18. The largest absolute Gasteiger partial charge is 0.417 e. The van der Waals surface area contributed by atoms with Gasteiger partial charge in [-0.1, -0.05) is 22.0 Å². The maximum atomic E-state index is 12.9. The van der Waals surface area contributed by atoms with Crippen LogP contribution < -0.4 is 5.32 Å². The Morgan fingerprint density at radius 2 is 2.05 bits per heavy atom. The fourth-order valence-corrected chi connectivity index (χ4v) is 2.51. The van der Waals surface area contributed by atoms with Crippen molar-refractivity contribution in [1.82, 2.24) is 14.9 Å². The molecule has 0 aliphatic rings. The molecule has 1 N–H and O–H groups in total. The highest BCUT2D eigenvalue weighted by molar-refractivity contribution is 9.10. The lowest BCUT2D eigenvalue weighted by molar-refractivity contribution is -0.138. The molecular formula is C13H13BrF3N3. The van der Waals surface area contributed by atoms with Crippen molar-refractivity contribution in [1.29, 1.82) is 0 Å². The minimum Gasteiger partial charge on any atom is -0.336 e. The Morgan fingerprint density at radius 1 is 1.35 bits per heavy atom. The number of imidazole rings is 1. The molecule has 1 atom stereocenters. The number of hydrogen-bond donors (Lipinski definition) is 1. The zero-order chi connectivity index (χ0) is 14.9. The summed E-state index contributed by atoms with van der Waals surface area (Å²) < 4.78 is 40.6. The first-order valence-electron chi connectivity index (χ1n) is 5.85. The molecular weight excluding hydrogens is 335 g/mol. The van der Waals surface area contributed by atoms with Crippen LogP contribution in [0, 0.1) is 0 Å². The van der Waals surface area contributed by atoms with Crippen molar-refractivity contribution in [2.45, 2.75) is 12.2 Å². The van der Waals surface area contributed by atoms with Gasteiger partial charge in [0.15, 0.2) is 0 Å². The van der Waals surface area contributed by atoms with Crippen LogP contribution in [0.2, 0.25) is 0 Å². The standard InChI is InChI=1S/C13H13BrF3N3/c1-18-11(12-19-5-6-20(12)2)8-3-4-10(14)9(7-8)13(15,16)17/h3-7,11,18H,1-2H3. The second-order valence-electron chi connectivity index (χ2n) is 4.36. The van der Waals surface area contributed by atoms with E-state index in [2.05, 4.69) is 26.2 Å². The molecule has 2 rings (SSSR count). The van der Waals surface area contributed by atoms with Crippen LogP contribution in [0.3, 0.4) is 0 Å². The van der Waals surface area contributed by atoms with Gasteiger partial charge in [-0.05, 0) is 24.7 Å². The number of alkyl halides is 3. The van der Waals surface area contributed by atoms with Crippen LogP contribution in [-0.2, 0) is 13.2 Å². The average molecular weight is 348 g/mol. The van der Waals surface area contributed by atoms with Gasteiger partial charge in [0.05, 0.1) is 11.6 Å². The number of aromatic nitrogens is 2. The third kappa shape index (κ3) is 2.88. The third-order valence-electron chi connectivity index (χ3n) is 3.03. The quantitative estimate of drug-likeness (QED) is 0.920. The second kappa shape index (κ2) is 5.57. The van der Waals surface area contributed by atoms with Crippen molar-refractivity contribution in [3.05, 3.63) is 52.0 Å². The van der Waals surface area contributed by atoms with E-state index in [0.717, 1.165) is 6.07 Å². The van der Waals surface area contributed by atoms with Crippen LogP contribution in [0.15, 0.2) is 35.1 Å². The van der Waals surface area contributed by atoms with Crippen molar-refractivity contribution in [2.24, 2.45) is 7.05 Å². The molecule has 0 radical (unpaired) electrons. The minimum absolute atomic E-state index is 0.0310. The number of halogens is 4. The number of aryl methyl sites for hydroxylation is 1. The van der Waals surface area contributed by atoms with Gasteiger partial charge < -0.3 is 9.88 Å². The fourth-order valence-electron chi connectivity index (χ4n) is 2.04.